The van der Waals surface area contributed by atoms with Crippen LogP contribution in [0.1, 0.15) is 38.5 Å². The van der Waals surface area contributed by atoms with Crippen molar-refractivity contribution < 1.29 is 19.4 Å². The van der Waals surface area contributed by atoms with Crippen LogP contribution < -0.4 is 22.5 Å². The standard InChI is InChI=1S/C13H28N4O4/c1-20-21-13(19)11(7-3-5-9-15)17-12(18)10(16)6-2-4-8-14/h10-11H,2-9,14-16H2,1H3,(H,17,18). The van der Waals surface area contributed by atoms with Crippen molar-refractivity contribution in [3.8, 4) is 0 Å². The molecule has 7 N–H and O–H groups in total. The predicted molar refractivity (Wildman–Crippen MR) is 78.8 cm³/mol. The van der Waals surface area contributed by atoms with Crippen LogP contribution in [0.15, 0.2) is 0 Å². The normalized spacial score (nSPS) is 13.5. The Labute approximate surface area is 125 Å². The van der Waals surface area contributed by atoms with Gasteiger partial charge in [0.2, 0.25) is 5.91 Å². The maximum atomic E-state index is 11.9. The van der Waals surface area contributed by atoms with E-state index in [0.29, 0.717) is 32.4 Å². The molecule has 0 aromatic carbocycles. The van der Waals surface area contributed by atoms with Crippen LogP contribution in [0.25, 0.3) is 0 Å². The first kappa shape index (κ1) is 19.8. The molecule has 8 nitrogen and oxygen atoms in total. The average Bonchev–Trinajstić information content (AvgIpc) is 2.46. The average molecular weight is 304 g/mol. The van der Waals surface area contributed by atoms with E-state index in [1.165, 1.54) is 7.11 Å². The molecule has 2 atom stereocenters. The number of unbranched alkanes of at least 4 members (excludes halogenated alkanes) is 2. The zero-order valence-electron chi connectivity index (χ0n) is 12.7. The van der Waals surface area contributed by atoms with Gasteiger partial charge in [0.25, 0.3) is 0 Å². The summed E-state index contributed by atoms with van der Waals surface area (Å²) in [6.45, 7) is 1.09. The summed E-state index contributed by atoms with van der Waals surface area (Å²) in [4.78, 5) is 32.5. The second-order valence-corrected chi connectivity index (χ2v) is 4.81. The molecule has 1 amide bonds. The van der Waals surface area contributed by atoms with Crippen LogP contribution in [0, 0.1) is 0 Å². The van der Waals surface area contributed by atoms with E-state index in [1.54, 1.807) is 0 Å². The van der Waals surface area contributed by atoms with E-state index in [2.05, 4.69) is 15.1 Å². The highest BCUT2D eigenvalue weighted by Crippen LogP contribution is 2.05. The minimum Gasteiger partial charge on any atom is -0.341 e. The van der Waals surface area contributed by atoms with Gasteiger partial charge < -0.3 is 22.5 Å². The molecule has 21 heavy (non-hydrogen) atoms. The summed E-state index contributed by atoms with van der Waals surface area (Å²) < 4.78 is 0. The van der Waals surface area contributed by atoms with Gasteiger partial charge in [0.05, 0.1) is 13.2 Å². The first-order valence-corrected chi connectivity index (χ1v) is 7.27. The van der Waals surface area contributed by atoms with Gasteiger partial charge in [-0.3, -0.25) is 9.68 Å². The highest BCUT2D eigenvalue weighted by molar-refractivity contribution is 5.87. The second kappa shape index (κ2) is 12.5. The molecule has 8 heteroatoms. The van der Waals surface area contributed by atoms with E-state index < -0.39 is 18.1 Å². The lowest BCUT2D eigenvalue weighted by atomic mass is 10.1. The summed E-state index contributed by atoms with van der Waals surface area (Å²) in [5.41, 5.74) is 16.6. The van der Waals surface area contributed by atoms with E-state index in [0.717, 1.165) is 19.3 Å². The summed E-state index contributed by atoms with van der Waals surface area (Å²) in [6.07, 6.45) is 3.99. The second-order valence-electron chi connectivity index (χ2n) is 4.81. The van der Waals surface area contributed by atoms with Gasteiger partial charge >= 0.3 is 5.97 Å². The molecule has 2 unspecified atom stereocenters. The number of hydrogen-bond acceptors (Lipinski definition) is 7. The van der Waals surface area contributed by atoms with Gasteiger partial charge in [-0.05, 0) is 45.2 Å². The van der Waals surface area contributed by atoms with Crippen LogP contribution in [-0.4, -0.2) is 44.2 Å². The molecule has 0 bridgehead atoms. The van der Waals surface area contributed by atoms with Crippen LogP contribution in [0.2, 0.25) is 0 Å². The van der Waals surface area contributed by atoms with Crippen molar-refractivity contribution in [3.63, 3.8) is 0 Å². The summed E-state index contributed by atoms with van der Waals surface area (Å²) in [7, 11) is 1.23. The van der Waals surface area contributed by atoms with Gasteiger partial charge in [0.15, 0.2) is 0 Å². The summed E-state index contributed by atoms with van der Waals surface area (Å²) >= 11 is 0. The summed E-state index contributed by atoms with van der Waals surface area (Å²) in [6, 6.07) is -1.44. The van der Waals surface area contributed by atoms with Crippen LogP contribution in [0.3, 0.4) is 0 Å². The third-order valence-electron chi connectivity index (χ3n) is 3.02. The minimum atomic E-state index is -0.774. The van der Waals surface area contributed by atoms with Gasteiger partial charge in [-0.25, -0.2) is 4.79 Å². The minimum absolute atomic E-state index is 0.377. The monoisotopic (exact) mass is 304 g/mol. The maximum absolute atomic E-state index is 11.9. The zero-order chi connectivity index (χ0) is 16.1. The Bertz CT molecular complexity index is 302. The molecule has 0 saturated carbocycles. The number of amides is 1. The highest BCUT2D eigenvalue weighted by atomic mass is 17.2. The molecule has 0 aromatic rings. The zero-order valence-corrected chi connectivity index (χ0v) is 12.7. The van der Waals surface area contributed by atoms with Gasteiger partial charge in [0.1, 0.15) is 6.04 Å². The largest absolute Gasteiger partial charge is 0.364 e. The molecule has 0 spiro atoms. The van der Waals surface area contributed by atoms with Gasteiger partial charge in [-0.2, -0.15) is 4.89 Å². The molecule has 0 aromatic heterocycles. The Morgan fingerprint density at radius 2 is 1.62 bits per heavy atom. The quantitative estimate of drug-likeness (QED) is 0.209. The number of carbonyl (C=O) groups is 2. The van der Waals surface area contributed by atoms with Crippen molar-refractivity contribution >= 4 is 11.9 Å². The topological polar surface area (TPSA) is 143 Å². The smallest absolute Gasteiger partial charge is 0.341 e. The van der Waals surface area contributed by atoms with Gasteiger partial charge in [0, 0.05) is 0 Å². The number of nitrogens with two attached hydrogens (primary N) is 3. The highest BCUT2D eigenvalue weighted by Gasteiger charge is 2.25. The van der Waals surface area contributed by atoms with Crippen LogP contribution in [0.5, 0.6) is 0 Å². The van der Waals surface area contributed by atoms with E-state index in [-0.39, 0.29) is 5.91 Å². The summed E-state index contributed by atoms with van der Waals surface area (Å²) in [5.74, 6) is -1.02. The van der Waals surface area contributed by atoms with Crippen molar-refractivity contribution in [2.24, 2.45) is 17.2 Å². The van der Waals surface area contributed by atoms with Crippen molar-refractivity contribution in [3.05, 3.63) is 0 Å². The number of rotatable bonds is 12. The Morgan fingerprint density at radius 3 is 2.14 bits per heavy atom. The molecule has 124 valence electrons. The Hall–Kier alpha value is -1.22. The van der Waals surface area contributed by atoms with E-state index in [9.17, 15) is 9.59 Å². The van der Waals surface area contributed by atoms with Crippen molar-refractivity contribution in [1.29, 1.82) is 0 Å². The number of carbonyl (C=O) groups excluding carboxylic acids is 2. The Morgan fingerprint density at radius 1 is 1.05 bits per heavy atom. The Kier molecular flexibility index (Phi) is 11.8. The molecule has 0 heterocycles. The number of nitrogens with one attached hydrogen (secondary N) is 1. The van der Waals surface area contributed by atoms with Crippen LogP contribution in [-0.2, 0) is 19.4 Å². The molecule has 0 radical (unpaired) electrons. The third-order valence-corrected chi connectivity index (χ3v) is 3.02. The maximum Gasteiger partial charge on any atom is 0.364 e. The molecule has 0 fully saturated rings. The fourth-order valence-corrected chi connectivity index (χ4v) is 1.80. The fourth-order valence-electron chi connectivity index (χ4n) is 1.80. The van der Waals surface area contributed by atoms with E-state index in [4.69, 9.17) is 17.2 Å². The van der Waals surface area contributed by atoms with E-state index in [1.807, 2.05) is 0 Å². The van der Waals surface area contributed by atoms with Crippen molar-refractivity contribution in [1.82, 2.24) is 5.32 Å². The summed E-state index contributed by atoms with van der Waals surface area (Å²) in [5, 5.41) is 2.60. The van der Waals surface area contributed by atoms with E-state index >= 15 is 0 Å². The molecule has 0 aliphatic carbocycles. The van der Waals surface area contributed by atoms with Crippen molar-refractivity contribution in [2.45, 2.75) is 50.6 Å². The first-order valence-electron chi connectivity index (χ1n) is 7.27. The van der Waals surface area contributed by atoms with Crippen molar-refractivity contribution in [2.75, 3.05) is 20.2 Å². The van der Waals surface area contributed by atoms with Crippen LogP contribution in [0.4, 0.5) is 0 Å². The van der Waals surface area contributed by atoms with Gasteiger partial charge in [-0.15, -0.1) is 0 Å². The molecular formula is C13H28N4O4. The third kappa shape index (κ3) is 9.35. The fraction of sp³-hybridized carbons (Fsp3) is 0.846. The number of hydrogen-bond donors (Lipinski definition) is 4. The lowest BCUT2D eigenvalue weighted by Gasteiger charge is -2.19. The predicted octanol–water partition coefficient (Wildman–Crippen LogP) is -0.839. The molecular weight excluding hydrogens is 276 g/mol. The van der Waals surface area contributed by atoms with Gasteiger partial charge in [-0.1, -0.05) is 6.42 Å². The molecule has 0 aliphatic rings. The molecule has 0 saturated heterocycles. The molecule has 0 aliphatic heterocycles. The lowest BCUT2D eigenvalue weighted by Crippen LogP contribution is -2.48. The van der Waals surface area contributed by atoms with Crippen LogP contribution >= 0.6 is 0 Å². The first-order chi connectivity index (χ1) is 10.1. The SMILES string of the molecule is COOC(=O)C(CCCCN)NC(=O)C(N)CCCCN. The Balaban J connectivity index is 4.34. The molecule has 0 rings (SSSR count). The lowest BCUT2D eigenvalue weighted by molar-refractivity contribution is -0.257.